The molecule has 0 saturated heterocycles. The van der Waals surface area contributed by atoms with Crippen LogP contribution in [0, 0.1) is 11.8 Å². The average molecular weight is 850 g/mol. The van der Waals surface area contributed by atoms with Crippen LogP contribution in [0.4, 0.5) is 0 Å². The second-order valence-corrected chi connectivity index (χ2v) is 20.4. The Bertz CT molecular complexity index is 2720. The van der Waals surface area contributed by atoms with Gasteiger partial charge in [0.25, 0.3) is 0 Å². The molecule has 0 spiro atoms. The fourth-order valence-corrected chi connectivity index (χ4v) is 7.67. The van der Waals surface area contributed by atoms with E-state index in [1.165, 1.54) is 22.3 Å². The van der Waals surface area contributed by atoms with Crippen LogP contribution in [0.25, 0.3) is 68.6 Å². The molecule has 3 aromatic heterocycles. The van der Waals surface area contributed by atoms with Gasteiger partial charge in [-0.3, -0.25) is 0 Å². The fraction of sp³-hybridized carbons (Fsp3) is 0.286. The van der Waals surface area contributed by atoms with Crippen LogP contribution in [0.1, 0.15) is 139 Å². The van der Waals surface area contributed by atoms with E-state index in [1.807, 2.05) is 30.3 Å². The number of hydrogen-bond acceptors (Lipinski definition) is 2. The van der Waals surface area contributed by atoms with Crippen LogP contribution in [0.15, 0.2) is 97.1 Å². The van der Waals surface area contributed by atoms with E-state index in [0.717, 1.165) is 78.2 Å². The molecule has 5 heterocycles. The number of nitrogens with zero attached hydrogens (tertiary/aromatic N) is 4. The van der Waals surface area contributed by atoms with Gasteiger partial charge in [0.05, 0.1) is 22.8 Å². The van der Waals surface area contributed by atoms with Gasteiger partial charge in [0.15, 0.2) is 0 Å². The number of aromatic nitrogens is 4. The molecular formula is C56H56N4Zn. The molecule has 0 saturated carbocycles. The van der Waals surface area contributed by atoms with E-state index in [9.17, 15) is 0 Å². The van der Waals surface area contributed by atoms with Gasteiger partial charge >= 0.3 is 19.5 Å². The van der Waals surface area contributed by atoms with Crippen molar-refractivity contribution < 1.29 is 19.5 Å². The summed E-state index contributed by atoms with van der Waals surface area (Å²) in [5, 5.41) is 0. The predicted octanol–water partition coefficient (Wildman–Crippen LogP) is 13.8. The molecule has 302 valence electrons. The Hall–Kier alpha value is -5.56. The third kappa shape index (κ3) is 9.22. The Balaban J connectivity index is 0.00000561. The Kier molecular flexibility index (Phi) is 11.5. The van der Waals surface area contributed by atoms with Crippen molar-refractivity contribution in [2.75, 3.05) is 0 Å². The zero-order valence-electron chi connectivity index (χ0n) is 38.0. The van der Waals surface area contributed by atoms with E-state index in [4.69, 9.17) is 19.9 Å². The van der Waals surface area contributed by atoms with Gasteiger partial charge < -0.3 is 9.97 Å². The summed E-state index contributed by atoms with van der Waals surface area (Å²) in [7, 11) is 0. The molecule has 0 fully saturated rings. The molecule has 3 aromatic carbocycles. The minimum absolute atomic E-state index is 0. The first-order valence-corrected chi connectivity index (χ1v) is 21.1. The van der Waals surface area contributed by atoms with Crippen LogP contribution in [-0.2, 0) is 41.1 Å². The molecule has 0 atom stereocenters. The molecule has 0 N–H and O–H groups in total. The third-order valence-electron chi connectivity index (χ3n) is 11.4. The Morgan fingerprint density at radius 2 is 0.787 bits per heavy atom. The maximum Gasteiger partial charge on any atom is 2.00 e. The van der Waals surface area contributed by atoms with Crippen LogP contribution in [0.5, 0.6) is 0 Å². The van der Waals surface area contributed by atoms with E-state index < -0.39 is 0 Å². The van der Waals surface area contributed by atoms with E-state index in [0.29, 0.717) is 0 Å². The molecule has 2 aliphatic heterocycles. The Labute approximate surface area is 375 Å². The van der Waals surface area contributed by atoms with Crippen molar-refractivity contribution >= 4 is 46.4 Å². The van der Waals surface area contributed by atoms with E-state index >= 15 is 0 Å². The maximum atomic E-state index is 5.42. The molecule has 0 radical (unpaired) electrons. The van der Waals surface area contributed by atoms with Gasteiger partial charge in [-0.1, -0.05) is 174 Å². The summed E-state index contributed by atoms with van der Waals surface area (Å²) in [5.41, 5.74) is 17.3. The van der Waals surface area contributed by atoms with Gasteiger partial charge in [0, 0.05) is 5.56 Å². The maximum absolute atomic E-state index is 5.42. The smallest absolute Gasteiger partial charge is 0.656 e. The largest absolute Gasteiger partial charge is 2.00 e. The molecule has 2 aliphatic rings. The summed E-state index contributed by atoms with van der Waals surface area (Å²) >= 11 is 0. The summed E-state index contributed by atoms with van der Waals surface area (Å²) in [5.74, 6) is 6.98. The van der Waals surface area contributed by atoms with Crippen molar-refractivity contribution in [2.24, 2.45) is 0 Å². The fourth-order valence-electron chi connectivity index (χ4n) is 7.67. The topological polar surface area (TPSA) is 54.0 Å². The van der Waals surface area contributed by atoms with Gasteiger partial charge in [0.1, 0.15) is 0 Å². The molecule has 8 bridgehead atoms. The monoisotopic (exact) mass is 848 g/mol. The molecule has 4 nitrogen and oxygen atoms in total. The van der Waals surface area contributed by atoms with E-state index in [-0.39, 0.29) is 41.1 Å². The van der Waals surface area contributed by atoms with Crippen molar-refractivity contribution in [1.29, 1.82) is 0 Å². The van der Waals surface area contributed by atoms with Crippen LogP contribution >= 0.6 is 0 Å². The van der Waals surface area contributed by atoms with Gasteiger partial charge in [-0.15, -0.1) is 22.1 Å². The number of benzene rings is 3. The molecule has 0 aliphatic carbocycles. The van der Waals surface area contributed by atoms with Gasteiger partial charge in [0.2, 0.25) is 0 Å². The SMILES string of the molecule is CC(C)(C)c1cc(-c2c3nc(cc4nc(c(-c5cc(C(C)(C)C)cc(C(C)(C)C)c5)c5ccc([n-]5)c(C#Cc5ccccc5)c5ccc2[n-]5)C=C4)C=C3)cc(C(C)(C)C)c1.[Zn+2]. The second kappa shape index (κ2) is 16.0. The van der Waals surface area contributed by atoms with Crippen molar-refractivity contribution in [3.63, 3.8) is 0 Å². The standard InChI is InChI=1S/C56H56N4.Zn/c1-53(2,3)38-28-36(29-39(32-38)54(4,5)6)51-47-22-19-42(57-47)34-43-20-23-48(58-43)52(37-30-40(55(7,8)9)33-41(31-37)56(10,11)12)50-27-25-46(60-50)44(45-24-26-49(51)59-45)21-18-35-16-14-13-15-17-35;/h13-17,19-20,22-34H,1-12H3;/q-2;+2. The van der Waals surface area contributed by atoms with E-state index in [2.05, 4.69) is 186 Å². The van der Waals surface area contributed by atoms with Crippen LogP contribution in [0.2, 0.25) is 0 Å². The molecule has 0 unspecified atom stereocenters. The molecule has 0 amide bonds. The number of hydrogen-bond donors (Lipinski definition) is 0. The van der Waals surface area contributed by atoms with Crippen molar-refractivity contribution in [1.82, 2.24) is 19.9 Å². The molecular weight excluding hydrogens is 794 g/mol. The zero-order chi connectivity index (χ0) is 42.8. The van der Waals surface area contributed by atoms with Gasteiger partial charge in [-0.05, 0) is 114 Å². The summed E-state index contributed by atoms with van der Waals surface area (Å²) in [6.07, 6.45) is 8.41. The van der Waals surface area contributed by atoms with E-state index in [1.54, 1.807) is 0 Å². The van der Waals surface area contributed by atoms with Crippen molar-refractivity contribution in [3.05, 3.63) is 153 Å². The van der Waals surface area contributed by atoms with Gasteiger partial charge in [-0.2, -0.15) is 0 Å². The predicted molar refractivity (Wildman–Crippen MR) is 255 cm³/mol. The molecule has 5 heteroatoms. The van der Waals surface area contributed by atoms with Crippen molar-refractivity contribution in [2.45, 2.75) is 105 Å². The first-order chi connectivity index (χ1) is 28.2. The first kappa shape index (κ1) is 43.5. The molecule has 8 rings (SSSR count). The average Bonchev–Trinajstić information content (AvgIpc) is 4.01. The Morgan fingerprint density at radius 3 is 1.16 bits per heavy atom. The van der Waals surface area contributed by atoms with Gasteiger partial charge in [-0.25, -0.2) is 9.97 Å². The summed E-state index contributed by atoms with van der Waals surface area (Å²) in [6.45, 7) is 27.3. The summed E-state index contributed by atoms with van der Waals surface area (Å²) in [4.78, 5) is 21.4. The number of rotatable bonds is 2. The quantitative estimate of drug-likeness (QED) is 0.128. The number of fused-ring (bicyclic) bond motifs is 8. The van der Waals surface area contributed by atoms with Crippen molar-refractivity contribution in [3.8, 4) is 34.1 Å². The molecule has 61 heavy (non-hydrogen) atoms. The second-order valence-electron chi connectivity index (χ2n) is 20.4. The third-order valence-corrected chi connectivity index (χ3v) is 11.4. The first-order valence-electron chi connectivity index (χ1n) is 21.1. The zero-order valence-corrected chi connectivity index (χ0v) is 41.0. The van der Waals surface area contributed by atoms with Crippen LogP contribution < -0.4 is 9.97 Å². The Morgan fingerprint density at radius 1 is 0.410 bits per heavy atom. The summed E-state index contributed by atoms with van der Waals surface area (Å²) < 4.78 is 0. The normalized spacial score (nSPS) is 12.9. The van der Waals surface area contributed by atoms with Crippen LogP contribution in [0.3, 0.4) is 0 Å². The summed E-state index contributed by atoms with van der Waals surface area (Å²) in [6, 6.07) is 34.6. The minimum atomic E-state index is -0.0631. The van der Waals surface area contributed by atoms with Crippen LogP contribution in [-0.4, -0.2) is 9.97 Å². The minimum Gasteiger partial charge on any atom is -0.656 e. The molecule has 6 aromatic rings.